The molecule has 1 saturated heterocycles. The third-order valence-electron chi connectivity index (χ3n) is 6.74. The largest absolute Gasteiger partial charge is 0.391 e. The van der Waals surface area contributed by atoms with Crippen molar-refractivity contribution >= 4 is 34.7 Å². The average molecular weight is 456 g/mol. The molecule has 6 rings (SSSR count). The first-order valence-corrected chi connectivity index (χ1v) is 11.3. The number of aliphatic hydroxyl groups is 1. The van der Waals surface area contributed by atoms with Gasteiger partial charge in [0.1, 0.15) is 0 Å². The van der Waals surface area contributed by atoms with Gasteiger partial charge in [-0.05, 0) is 43.5 Å². The van der Waals surface area contributed by atoms with Crippen molar-refractivity contribution in [2.45, 2.75) is 37.8 Å². The summed E-state index contributed by atoms with van der Waals surface area (Å²) in [6, 6.07) is 15.9. The number of carbonyl (C=O) groups is 1. The standard InChI is InChI=1S/C25H25N7O2/c1-25(2)18-9-8-16(12-19(18)28-23(25)34)27-24-29-22-21(26-10-11-32(22)30-24)31-14-17(33)13-20(31)15-6-4-3-5-7-15/h3-12,17,20,33H,13-14H2,1-2H3,(H,27,30)(H,28,34)/t17-,20+/m1/s1. The summed E-state index contributed by atoms with van der Waals surface area (Å²) in [5.41, 5.74) is 3.73. The number of β-amino-alcohol motifs (C(OH)–C–C–N with tert-alkyl or cyclic N) is 1. The smallest absolute Gasteiger partial charge is 0.247 e. The summed E-state index contributed by atoms with van der Waals surface area (Å²) < 4.78 is 1.69. The molecular weight excluding hydrogens is 430 g/mol. The van der Waals surface area contributed by atoms with Crippen LogP contribution >= 0.6 is 0 Å². The lowest BCUT2D eigenvalue weighted by Gasteiger charge is -2.25. The van der Waals surface area contributed by atoms with E-state index in [1.54, 1.807) is 16.9 Å². The monoisotopic (exact) mass is 455 g/mol. The zero-order chi connectivity index (χ0) is 23.4. The Bertz CT molecular complexity index is 1400. The second-order valence-electron chi connectivity index (χ2n) is 9.39. The quantitative estimate of drug-likeness (QED) is 0.433. The van der Waals surface area contributed by atoms with Gasteiger partial charge in [0.2, 0.25) is 11.9 Å². The van der Waals surface area contributed by atoms with Crippen LogP contribution in [0.3, 0.4) is 0 Å². The van der Waals surface area contributed by atoms with Gasteiger partial charge < -0.3 is 20.6 Å². The molecule has 0 radical (unpaired) electrons. The van der Waals surface area contributed by atoms with Crippen LogP contribution in [-0.2, 0) is 10.2 Å². The second-order valence-corrected chi connectivity index (χ2v) is 9.39. The molecule has 2 aromatic carbocycles. The molecule has 0 bridgehead atoms. The van der Waals surface area contributed by atoms with Crippen LogP contribution in [0, 0.1) is 0 Å². The zero-order valence-corrected chi connectivity index (χ0v) is 18.9. The maximum Gasteiger partial charge on any atom is 0.247 e. The van der Waals surface area contributed by atoms with Gasteiger partial charge >= 0.3 is 0 Å². The summed E-state index contributed by atoms with van der Waals surface area (Å²) in [4.78, 5) is 23.7. The van der Waals surface area contributed by atoms with Crippen LogP contribution in [0.25, 0.3) is 5.65 Å². The summed E-state index contributed by atoms with van der Waals surface area (Å²) in [7, 11) is 0. The van der Waals surface area contributed by atoms with Crippen LogP contribution < -0.4 is 15.5 Å². The Balaban J connectivity index is 1.33. The lowest BCUT2D eigenvalue weighted by molar-refractivity contribution is -0.119. The van der Waals surface area contributed by atoms with Gasteiger partial charge in [-0.3, -0.25) is 4.79 Å². The summed E-state index contributed by atoms with van der Waals surface area (Å²) in [6.07, 6.45) is 3.63. The normalized spacial score (nSPS) is 21.0. The highest BCUT2D eigenvalue weighted by molar-refractivity contribution is 6.06. The third-order valence-corrected chi connectivity index (χ3v) is 6.74. The molecule has 1 amide bonds. The van der Waals surface area contributed by atoms with E-state index in [9.17, 15) is 9.90 Å². The lowest BCUT2D eigenvalue weighted by atomic mass is 9.86. The number of hydrogen-bond donors (Lipinski definition) is 3. The summed E-state index contributed by atoms with van der Waals surface area (Å²) >= 11 is 0. The molecule has 0 spiro atoms. The van der Waals surface area contributed by atoms with E-state index in [1.165, 1.54) is 0 Å². The molecule has 9 nitrogen and oxygen atoms in total. The molecule has 2 atom stereocenters. The molecule has 4 aromatic rings. The van der Waals surface area contributed by atoms with E-state index in [-0.39, 0.29) is 11.9 Å². The van der Waals surface area contributed by atoms with Crippen LogP contribution in [0.5, 0.6) is 0 Å². The van der Waals surface area contributed by atoms with Crippen molar-refractivity contribution in [1.82, 2.24) is 19.6 Å². The van der Waals surface area contributed by atoms with Gasteiger partial charge in [-0.25, -0.2) is 9.50 Å². The molecule has 2 aliphatic rings. The highest BCUT2D eigenvalue weighted by Gasteiger charge is 2.38. The minimum Gasteiger partial charge on any atom is -0.391 e. The molecule has 34 heavy (non-hydrogen) atoms. The Hall–Kier alpha value is -3.98. The van der Waals surface area contributed by atoms with E-state index in [0.717, 1.165) is 22.5 Å². The Morgan fingerprint density at radius 3 is 2.82 bits per heavy atom. The first-order chi connectivity index (χ1) is 16.4. The molecule has 172 valence electrons. The van der Waals surface area contributed by atoms with E-state index in [0.29, 0.717) is 30.4 Å². The van der Waals surface area contributed by atoms with Crippen molar-refractivity contribution in [3.63, 3.8) is 0 Å². The lowest BCUT2D eigenvalue weighted by Crippen LogP contribution is -2.26. The van der Waals surface area contributed by atoms with Crippen LogP contribution in [0.15, 0.2) is 60.9 Å². The first kappa shape index (κ1) is 20.6. The molecule has 0 saturated carbocycles. The van der Waals surface area contributed by atoms with Gasteiger partial charge in [0, 0.05) is 30.3 Å². The van der Waals surface area contributed by atoms with Crippen molar-refractivity contribution in [2.75, 3.05) is 22.1 Å². The first-order valence-electron chi connectivity index (χ1n) is 11.3. The number of hydrogen-bond acceptors (Lipinski definition) is 7. The number of fused-ring (bicyclic) bond motifs is 2. The molecule has 2 aromatic heterocycles. The van der Waals surface area contributed by atoms with E-state index >= 15 is 0 Å². The number of nitrogens with one attached hydrogen (secondary N) is 2. The molecule has 9 heteroatoms. The average Bonchev–Trinajstić information content (AvgIpc) is 3.47. The molecule has 1 fully saturated rings. The summed E-state index contributed by atoms with van der Waals surface area (Å²) in [5, 5.41) is 21.2. The molecule has 0 aliphatic carbocycles. The maximum atomic E-state index is 12.3. The van der Waals surface area contributed by atoms with E-state index in [1.807, 2.05) is 50.2 Å². The third kappa shape index (κ3) is 3.28. The number of rotatable bonds is 4. The number of anilines is 4. The van der Waals surface area contributed by atoms with Crippen LogP contribution in [0.4, 0.5) is 23.1 Å². The van der Waals surface area contributed by atoms with Crippen LogP contribution in [0.2, 0.25) is 0 Å². The van der Waals surface area contributed by atoms with E-state index in [4.69, 9.17) is 4.98 Å². The van der Waals surface area contributed by atoms with Crippen molar-refractivity contribution in [3.8, 4) is 0 Å². The van der Waals surface area contributed by atoms with Gasteiger partial charge in [0.15, 0.2) is 11.5 Å². The predicted octanol–water partition coefficient (Wildman–Crippen LogP) is 3.41. The van der Waals surface area contributed by atoms with Gasteiger partial charge in [-0.2, -0.15) is 4.98 Å². The molecule has 0 unspecified atom stereocenters. The fourth-order valence-electron chi connectivity index (χ4n) is 4.90. The van der Waals surface area contributed by atoms with Crippen molar-refractivity contribution in [3.05, 3.63) is 72.1 Å². The van der Waals surface area contributed by atoms with Crippen molar-refractivity contribution in [2.24, 2.45) is 0 Å². The van der Waals surface area contributed by atoms with Crippen LogP contribution in [-0.4, -0.2) is 43.2 Å². The fourth-order valence-corrected chi connectivity index (χ4v) is 4.90. The number of aromatic nitrogens is 4. The Labute approximate surface area is 196 Å². The highest BCUT2D eigenvalue weighted by atomic mass is 16.3. The van der Waals surface area contributed by atoms with Gasteiger partial charge in [0.05, 0.1) is 17.6 Å². The SMILES string of the molecule is CC1(C)C(=O)Nc2cc(Nc3nc4c(N5C[C@H](O)C[C@H]5c5ccccc5)nccn4n3)ccc21. The van der Waals surface area contributed by atoms with E-state index < -0.39 is 11.5 Å². The van der Waals surface area contributed by atoms with Crippen LogP contribution in [0.1, 0.15) is 37.4 Å². The molecule has 2 aliphatic heterocycles. The Kier molecular flexibility index (Phi) is 4.56. The Morgan fingerprint density at radius 2 is 2.00 bits per heavy atom. The minimum absolute atomic E-state index is 0.00619. The number of carbonyl (C=O) groups excluding carboxylic acids is 1. The fraction of sp³-hybridized carbons (Fsp3) is 0.280. The zero-order valence-electron chi connectivity index (χ0n) is 18.9. The van der Waals surface area contributed by atoms with Gasteiger partial charge in [-0.15, -0.1) is 5.10 Å². The summed E-state index contributed by atoms with van der Waals surface area (Å²) in [5.74, 6) is 1.09. The highest BCUT2D eigenvalue weighted by Crippen LogP contribution is 2.39. The van der Waals surface area contributed by atoms with Gasteiger partial charge in [-0.1, -0.05) is 36.4 Å². The second kappa shape index (κ2) is 7.53. The topological polar surface area (TPSA) is 108 Å². The minimum atomic E-state index is -0.550. The maximum absolute atomic E-state index is 12.3. The van der Waals surface area contributed by atoms with Crippen molar-refractivity contribution < 1.29 is 9.90 Å². The predicted molar refractivity (Wildman–Crippen MR) is 129 cm³/mol. The molecule has 3 N–H and O–H groups in total. The van der Waals surface area contributed by atoms with Crippen molar-refractivity contribution in [1.29, 1.82) is 0 Å². The van der Waals surface area contributed by atoms with Gasteiger partial charge in [0.25, 0.3) is 0 Å². The number of benzene rings is 2. The molecular formula is C25H25N7O2. The van der Waals surface area contributed by atoms with E-state index in [2.05, 4.69) is 37.7 Å². The number of nitrogens with zero attached hydrogens (tertiary/aromatic N) is 5. The molecule has 4 heterocycles. The number of aliphatic hydroxyl groups excluding tert-OH is 1. The Morgan fingerprint density at radius 1 is 1.18 bits per heavy atom. The number of amides is 1. The summed E-state index contributed by atoms with van der Waals surface area (Å²) in [6.45, 7) is 4.30.